The zero-order valence-corrected chi connectivity index (χ0v) is 15.3. The summed E-state index contributed by atoms with van der Waals surface area (Å²) in [5.74, 6) is -3.70. The SMILES string of the molecule is O=C(Cc1noc(C(=O)NCC(O)c2ccc(O)cc2)n1)Nc1ccc(F)cc1F. The molecule has 0 spiro atoms. The van der Waals surface area contributed by atoms with E-state index in [0.717, 1.165) is 12.1 Å². The summed E-state index contributed by atoms with van der Waals surface area (Å²) in [6.07, 6.45) is -1.45. The molecule has 1 aromatic heterocycles. The van der Waals surface area contributed by atoms with Crippen LogP contribution in [-0.2, 0) is 11.2 Å². The van der Waals surface area contributed by atoms with Crippen LogP contribution in [0.3, 0.4) is 0 Å². The van der Waals surface area contributed by atoms with Gasteiger partial charge in [-0.3, -0.25) is 9.59 Å². The lowest BCUT2D eigenvalue weighted by atomic mass is 10.1. The molecule has 1 heterocycles. The molecule has 30 heavy (non-hydrogen) atoms. The second-order valence-corrected chi connectivity index (χ2v) is 6.18. The zero-order valence-electron chi connectivity index (χ0n) is 15.3. The third kappa shape index (κ3) is 5.35. The molecule has 0 radical (unpaired) electrons. The third-order valence-electron chi connectivity index (χ3n) is 3.92. The molecule has 2 amide bonds. The quantitative estimate of drug-likeness (QED) is 0.458. The van der Waals surface area contributed by atoms with E-state index < -0.39 is 41.9 Å². The van der Waals surface area contributed by atoms with Gasteiger partial charge in [0.1, 0.15) is 17.4 Å². The molecular weight excluding hydrogens is 402 g/mol. The van der Waals surface area contributed by atoms with E-state index in [9.17, 15) is 28.6 Å². The number of hydrogen-bond donors (Lipinski definition) is 4. The van der Waals surface area contributed by atoms with E-state index in [1.165, 1.54) is 24.3 Å². The molecule has 0 aliphatic carbocycles. The smallest absolute Gasteiger partial charge is 0.315 e. The minimum absolute atomic E-state index is 0.0413. The van der Waals surface area contributed by atoms with Gasteiger partial charge in [0.2, 0.25) is 5.91 Å². The van der Waals surface area contributed by atoms with E-state index in [0.29, 0.717) is 11.6 Å². The summed E-state index contributed by atoms with van der Waals surface area (Å²) in [5, 5.41) is 27.4. The maximum atomic E-state index is 13.6. The molecule has 11 heteroatoms. The number of hydrogen-bond acceptors (Lipinski definition) is 7. The van der Waals surface area contributed by atoms with Gasteiger partial charge in [-0.25, -0.2) is 8.78 Å². The van der Waals surface area contributed by atoms with Crippen molar-refractivity contribution in [2.75, 3.05) is 11.9 Å². The molecule has 9 nitrogen and oxygen atoms in total. The number of halogens is 2. The maximum absolute atomic E-state index is 13.6. The number of phenols is 1. The van der Waals surface area contributed by atoms with Crippen molar-refractivity contribution in [3.8, 4) is 5.75 Å². The predicted molar refractivity (Wildman–Crippen MR) is 98.4 cm³/mol. The summed E-state index contributed by atoms with van der Waals surface area (Å²) in [5.41, 5.74) is 0.259. The van der Waals surface area contributed by atoms with Crippen molar-refractivity contribution >= 4 is 17.5 Å². The number of aromatic nitrogens is 2. The van der Waals surface area contributed by atoms with Crippen LogP contribution in [0.1, 0.15) is 28.2 Å². The predicted octanol–water partition coefficient (Wildman–Crippen LogP) is 1.70. The van der Waals surface area contributed by atoms with Crippen LogP contribution in [-0.4, -0.2) is 38.7 Å². The van der Waals surface area contributed by atoms with Crippen LogP contribution in [0.15, 0.2) is 47.0 Å². The number of aromatic hydroxyl groups is 1. The molecule has 1 atom stereocenters. The Balaban J connectivity index is 1.52. The highest BCUT2D eigenvalue weighted by atomic mass is 19.1. The van der Waals surface area contributed by atoms with Crippen LogP contribution in [0.4, 0.5) is 14.5 Å². The van der Waals surface area contributed by atoms with Crippen LogP contribution in [0.5, 0.6) is 5.75 Å². The van der Waals surface area contributed by atoms with Gasteiger partial charge >= 0.3 is 11.8 Å². The lowest BCUT2D eigenvalue weighted by Crippen LogP contribution is -2.28. The third-order valence-corrected chi connectivity index (χ3v) is 3.92. The van der Waals surface area contributed by atoms with Crippen molar-refractivity contribution in [3.63, 3.8) is 0 Å². The number of benzene rings is 2. The normalized spacial score (nSPS) is 11.7. The minimum Gasteiger partial charge on any atom is -0.508 e. The van der Waals surface area contributed by atoms with Gasteiger partial charge in [0.15, 0.2) is 5.82 Å². The molecule has 0 aliphatic rings. The van der Waals surface area contributed by atoms with E-state index in [1.54, 1.807) is 0 Å². The average Bonchev–Trinajstić information content (AvgIpc) is 3.17. The van der Waals surface area contributed by atoms with E-state index >= 15 is 0 Å². The first-order valence-electron chi connectivity index (χ1n) is 8.64. The number of phenolic OH excluding ortho intramolecular Hbond substituents is 1. The summed E-state index contributed by atoms with van der Waals surface area (Å²) in [6, 6.07) is 8.47. The molecule has 0 aliphatic heterocycles. The Labute approximate surface area is 168 Å². The Morgan fingerprint density at radius 1 is 1.13 bits per heavy atom. The fourth-order valence-corrected chi connectivity index (χ4v) is 2.43. The first kappa shape index (κ1) is 20.9. The number of aliphatic hydroxyl groups is 1. The zero-order chi connectivity index (χ0) is 21.7. The number of amides is 2. The summed E-state index contributed by atoms with van der Waals surface area (Å²) >= 11 is 0. The Bertz CT molecular complexity index is 1060. The molecule has 0 saturated carbocycles. The number of nitrogens with one attached hydrogen (secondary N) is 2. The Morgan fingerprint density at radius 2 is 1.87 bits per heavy atom. The molecule has 1 unspecified atom stereocenters. The van der Waals surface area contributed by atoms with E-state index in [1.807, 2.05) is 0 Å². The monoisotopic (exact) mass is 418 g/mol. The highest BCUT2D eigenvalue weighted by Crippen LogP contribution is 2.17. The molecule has 0 fully saturated rings. The summed E-state index contributed by atoms with van der Waals surface area (Å²) in [6.45, 7) is -0.161. The first-order chi connectivity index (χ1) is 14.3. The highest BCUT2D eigenvalue weighted by Gasteiger charge is 2.19. The fraction of sp³-hybridized carbons (Fsp3) is 0.158. The Morgan fingerprint density at radius 3 is 2.57 bits per heavy atom. The number of carbonyl (C=O) groups is 2. The molecule has 156 valence electrons. The lowest BCUT2D eigenvalue weighted by Gasteiger charge is -2.11. The summed E-state index contributed by atoms with van der Waals surface area (Å²) in [4.78, 5) is 27.8. The van der Waals surface area contributed by atoms with Crippen LogP contribution in [0.25, 0.3) is 0 Å². The van der Waals surface area contributed by atoms with Gasteiger partial charge in [-0.1, -0.05) is 17.3 Å². The second kappa shape index (κ2) is 9.09. The van der Waals surface area contributed by atoms with Crippen LogP contribution >= 0.6 is 0 Å². The van der Waals surface area contributed by atoms with Gasteiger partial charge in [0.05, 0.1) is 18.2 Å². The van der Waals surface area contributed by atoms with Crippen molar-refractivity contribution < 1.29 is 33.1 Å². The van der Waals surface area contributed by atoms with Gasteiger partial charge in [-0.2, -0.15) is 4.98 Å². The number of rotatable bonds is 7. The molecule has 4 N–H and O–H groups in total. The van der Waals surface area contributed by atoms with E-state index in [-0.39, 0.29) is 23.8 Å². The fourth-order valence-electron chi connectivity index (χ4n) is 2.43. The van der Waals surface area contributed by atoms with Crippen molar-refractivity contribution in [2.24, 2.45) is 0 Å². The van der Waals surface area contributed by atoms with Crippen LogP contribution < -0.4 is 10.6 Å². The van der Waals surface area contributed by atoms with Crippen molar-refractivity contribution in [1.82, 2.24) is 15.5 Å². The van der Waals surface area contributed by atoms with Crippen LogP contribution in [0, 0.1) is 11.6 Å². The largest absolute Gasteiger partial charge is 0.508 e. The highest BCUT2D eigenvalue weighted by molar-refractivity contribution is 5.92. The minimum atomic E-state index is -1.03. The van der Waals surface area contributed by atoms with E-state index in [4.69, 9.17) is 4.52 Å². The average molecular weight is 418 g/mol. The van der Waals surface area contributed by atoms with E-state index in [2.05, 4.69) is 20.8 Å². The maximum Gasteiger partial charge on any atom is 0.315 e. The molecule has 3 rings (SSSR count). The molecule has 2 aromatic carbocycles. The second-order valence-electron chi connectivity index (χ2n) is 6.18. The molecule has 3 aromatic rings. The lowest BCUT2D eigenvalue weighted by molar-refractivity contribution is -0.115. The number of nitrogens with zero attached hydrogens (tertiary/aromatic N) is 2. The molecule has 0 bridgehead atoms. The standard InChI is InChI=1S/C19H16F2N4O5/c20-11-3-6-14(13(21)7-11)23-17(28)8-16-24-19(30-25-16)18(29)22-9-15(27)10-1-4-12(26)5-2-10/h1-7,15,26-27H,8-9H2,(H,22,29)(H,23,28). The molecule has 0 saturated heterocycles. The van der Waals surface area contributed by atoms with Gasteiger partial charge < -0.3 is 25.4 Å². The topological polar surface area (TPSA) is 138 Å². The first-order valence-corrected chi connectivity index (χ1v) is 8.64. The summed E-state index contributed by atoms with van der Waals surface area (Å²) < 4.78 is 31.2. The van der Waals surface area contributed by atoms with Crippen molar-refractivity contribution in [3.05, 3.63) is 71.4 Å². The Hall–Kier alpha value is -3.86. The van der Waals surface area contributed by atoms with Crippen molar-refractivity contribution in [2.45, 2.75) is 12.5 Å². The van der Waals surface area contributed by atoms with Gasteiger partial charge in [-0.05, 0) is 29.8 Å². The number of carbonyl (C=O) groups excluding carboxylic acids is 2. The van der Waals surface area contributed by atoms with Crippen LogP contribution in [0.2, 0.25) is 0 Å². The van der Waals surface area contributed by atoms with Crippen molar-refractivity contribution in [1.29, 1.82) is 0 Å². The number of anilines is 1. The van der Waals surface area contributed by atoms with Gasteiger partial charge in [0, 0.05) is 12.6 Å². The molecular formula is C19H16F2N4O5. The number of aliphatic hydroxyl groups excluding tert-OH is 1. The van der Waals surface area contributed by atoms with Gasteiger partial charge in [0.25, 0.3) is 0 Å². The summed E-state index contributed by atoms with van der Waals surface area (Å²) in [7, 11) is 0. The van der Waals surface area contributed by atoms with Gasteiger partial charge in [-0.15, -0.1) is 0 Å². The Kier molecular flexibility index (Phi) is 6.32.